The lowest BCUT2D eigenvalue weighted by atomic mass is 10.2. The number of halogens is 1. The Morgan fingerprint density at radius 3 is 2.62 bits per heavy atom. The highest BCUT2D eigenvalue weighted by atomic mass is 35.5. The standard InChI is InChI=1S/C18H14ClN3O4/c1-25-18-8-2-12(10-16(18)19)17-9-7-15(26-17)11-20-21-13-3-5-14(6-4-13)22(23)24/h2-11,21H,1H3/b20-11+. The third-order valence-electron chi connectivity index (χ3n) is 3.53. The van der Waals surface area contributed by atoms with Gasteiger partial charge in [-0.25, -0.2) is 0 Å². The molecule has 1 heterocycles. The Morgan fingerprint density at radius 1 is 1.19 bits per heavy atom. The van der Waals surface area contributed by atoms with Gasteiger partial charge < -0.3 is 9.15 Å². The minimum absolute atomic E-state index is 0.0216. The summed E-state index contributed by atoms with van der Waals surface area (Å²) in [6.07, 6.45) is 1.51. The molecule has 1 N–H and O–H groups in total. The summed E-state index contributed by atoms with van der Waals surface area (Å²) in [5.74, 6) is 1.78. The maximum Gasteiger partial charge on any atom is 0.269 e. The number of ether oxygens (including phenoxy) is 1. The topological polar surface area (TPSA) is 89.9 Å². The number of rotatable bonds is 6. The molecule has 0 aliphatic heterocycles. The quantitative estimate of drug-likeness (QED) is 0.375. The smallest absolute Gasteiger partial charge is 0.269 e. The molecule has 0 fully saturated rings. The molecule has 0 amide bonds. The van der Waals surface area contributed by atoms with Crippen molar-refractivity contribution in [3.8, 4) is 17.1 Å². The van der Waals surface area contributed by atoms with Crippen LogP contribution < -0.4 is 10.2 Å². The van der Waals surface area contributed by atoms with Gasteiger partial charge in [-0.2, -0.15) is 5.10 Å². The lowest BCUT2D eigenvalue weighted by Gasteiger charge is -2.04. The molecule has 0 saturated heterocycles. The number of nitro benzene ring substituents is 1. The van der Waals surface area contributed by atoms with Crippen molar-refractivity contribution in [1.82, 2.24) is 0 Å². The fourth-order valence-corrected chi connectivity index (χ4v) is 2.48. The minimum Gasteiger partial charge on any atom is -0.495 e. The maximum absolute atomic E-state index is 10.6. The molecule has 7 nitrogen and oxygen atoms in total. The van der Waals surface area contributed by atoms with Crippen molar-refractivity contribution in [2.75, 3.05) is 12.5 Å². The van der Waals surface area contributed by atoms with Gasteiger partial charge in [-0.1, -0.05) is 11.6 Å². The number of non-ortho nitro benzene ring substituents is 1. The van der Waals surface area contributed by atoms with Crippen LogP contribution in [-0.2, 0) is 0 Å². The van der Waals surface area contributed by atoms with E-state index < -0.39 is 4.92 Å². The number of hydrogen-bond donors (Lipinski definition) is 1. The summed E-state index contributed by atoms with van der Waals surface area (Å²) in [5.41, 5.74) is 4.25. The molecule has 0 bridgehead atoms. The molecule has 132 valence electrons. The molecule has 3 rings (SSSR count). The SMILES string of the molecule is COc1ccc(-c2ccc(/C=N/Nc3ccc([N+](=O)[O-])cc3)o2)cc1Cl. The van der Waals surface area contributed by atoms with E-state index in [1.165, 1.54) is 18.3 Å². The van der Waals surface area contributed by atoms with Gasteiger partial charge >= 0.3 is 0 Å². The Labute approximate surface area is 154 Å². The summed E-state index contributed by atoms with van der Waals surface area (Å²) in [6.45, 7) is 0. The first-order chi connectivity index (χ1) is 12.6. The first-order valence-corrected chi connectivity index (χ1v) is 7.92. The number of methoxy groups -OCH3 is 1. The lowest BCUT2D eigenvalue weighted by Crippen LogP contribution is -1.91. The van der Waals surface area contributed by atoms with Gasteiger partial charge in [-0.3, -0.25) is 15.5 Å². The van der Waals surface area contributed by atoms with E-state index in [1.807, 2.05) is 12.1 Å². The summed E-state index contributed by atoms with van der Waals surface area (Å²) in [7, 11) is 1.56. The van der Waals surface area contributed by atoms with Crippen molar-refractivity contribution in [2.24, 2.45) is 5.10 Å². The predicted octanol–water partition coefficient (Wildman–Crippen LogP) is 4.96. The van der Waals surface area contributed by atoms with E-state index in [0.29, 0.717) is 28.0 Å². The highest BCUT2D eigenvalue weighted by Gasteiger charge is 2.07. The van der Waals surface area contributed by atoms with Crippen LogP contribution in [-0.4, -0.2) is 18.2 Å². The van der Waals surface area contributed by atoms with Crippen molar-refractivity contribution in [3.63, 3.8) is 0 Å². The summed E-state index contributed by atoms with van der Waals surface area (Å²) in [4.78, 5) is 10.2. The summed E-state index contributed by atoms with van der Waals surface area (Å²) < 4.78 is 10.8. The van der Waals surface area contributed by atoms with Crippen LogP contribution in [0, 0.1) is 10.1 Å². The summed E-state index contributed by atoms with van der Waals surface area (Å²) in [5, 5.41) is 15.2. The van der Waals surface area contributed by atoms with Gasteiger partial charge in [0.25, 0.3) is 5.69 Å². The van der Waals surface area contributed by atoms with Gasteiger partial charge in [-0.05, 0) is 42.5 Å². The molecule has 0 unspecified atom stereocenters. The number of nitrogens with one attached hydrogen (secondary N) is 1. The van der Waals surface area contributed by atoms with Gasteiger partial charge in [0, 0.05) is 17.7 Å². The minimum atomic E-state index is -0.456. The molecular formula is C18H14ClN3O4. The summed E-state index contributed by atoms with van der Waals surface area (Å²) >= 11 is 6.12. The zero-order chi connectivity index (χ0) is 18.5. The van der Waals surface area contributed by atoms with Crippen molar-refractivity contribution >= 4 is 29.2 Å². The van der Waals surface area contributed by atoms with E-state index in [2.05, 4.69) is 10.5 Å². The monoisotopic (exact) mass is 371 g/mol. The molecule has 0 atom stereocenters. The zero-order valence-electron chi connectivity index (χ0n) is 13.7. The Kier molecular flexibility index (Phi) is 5.19. The average molecular weight is 372 g/mol. The molecule has 2 aromatic carbocycles. The van der Waals surface area contributed by atoms with Crippen LogP contribution in [0.3, 0.4) is 0 Å². The molecular weight excluding hydrogens is 358 g/mol. The Balaban J connectivity index is 1.67. The molecule has 0 radical (unpaired) electrons. The largest absolute Gasteiger partial charge is 0.495 e. The molecule has 0 aliphatic carbocycles. The predicted molar refractivity (Wildman–Crippen MR) is 100 cm³/mol. The van der Waals surface area contributed by atoms with Crippen LogP contribution in [0.15, 0.2) is 64.1 Å². The van der Waals surface area contributed by atoms with Gasteiger partial charge in [0.2, 0.25) is 0 Å². The number of hydrogen-bond acceptors (Lipinski definition) is 6. The van der Waals surface area contributed by atoms with Crippen LogP contribution >= 0.6 is 11.6 Å². The van der Waals surface area contributed by atoms with Crippen LogP contribution in [0.5, 0.6) is 5.75 Å². The molecule has 0 saturated carbocycles. The maximum atomic E-state index is 10.6. The highest BCUT2D eigenvalue weighted by Crippen LogP contribution is 2.30. The second-order valence-corrected chi connectivity index (χ2v) is 5.63. The van der Waals surface area contributed by atoms with E-state index in [4.69, 9.17) is 20.8 Å². The van der Waals surface area contributed by atoms with E-state index in [-0.39, 0.29) is 5.69 Å². The lowest BCUT2D eigenvalue weighted by molar-refractivity contribution is -0.384. The van der Waals surface area contributed by atoms with Crippen LogP contribution in [0.25, 0.3) is 11.3 Å². The zero-order valence-corrected chi connectivity index (χ0v) is 14.4. The second kappa shape index (κ2) is 7.71. The number of benzene rings is 2. The molecule has 0 aliphatic rings. The number of hydrazone groups is 1. The van der Waals surface area contributed by atoms with Gasteiger partial charge in [0.1, 0.15) is 17.3 Å². The third-order valence-corrected chi connectivity index (χ3v) is 3.82. The Morgan fingerprint density at radius 2 is 1.96 bits per heavy atom. The normalized spacial score (nSPS) is 10.8. The Hall–Kier alpha value is -3.32. The number of nitro groups is 1. The van der Waals surface area contributed by atoms with Crippen molar-refractivity contribution in [3.05, 3.63) is 75.5 Å². The van der Waals surface area contributed by atoms with Crippen LogP contribution in [0.4, 0.5) is 11.4 Å². The van der Waals surface area contributed by atoms with Gasteiger partial charge in [-0.15, -0.1) is 0 Å². The van der Waals surface area contributed by atoms with E-state index in [0.717, 1.165) is 5.56 Å². The Bertz CT molecular complexity index is 951. The van der Waals surface area contributed by atoms with Crippen LogP contribution in [0.2, 0.25) is 5.02 Å². The molecule has 26 heavy (non-hydrogen) atoms. The van der Waals surface area contributed by atoms with Crippen molar-refractivity contribution < 1.29 is 14.1 Å². The fourth-order valence-electron chi connectivity index (χ4n) is 2.23. The van der Waals surface area contributed by atoms with Crippen molar-refractivity contribution in [1.29, 1.82) is 0 Å². The average Bonchev–Trinajstić information content (AvgIpc) is 3.11. The second-order valence-electron chi connectivity index (χ2n) is 5.23. The highest BCUT2D eigenvalue weighted by molar-refractivity contribution is 6.32. The molecule has 8 heteroatoms. The molecule has 1 aromatic heterocycles. The molecule has 0 spiro atoms. The first kappa shape index (κ1) is 17.5. The fraction of sp³-hybridized carbons (Fsp3) is 0.0556. The first-order valence-electron chi connectivity index (χ1n) is 7.54. The van der Waals surface area contributed by atoms with Gasteiger partial charge in [0.05, 0.1) is 29.0 Å². The van der Waals surface area contributed by atoms with E-state index >= 15 is 0 Å². The van der Waals surface area contributed by atoms with Gasteiger partial charge in [0.15, 0.2) is 0 Å². The summed E-state index contributed by atoms with van der Waals surface area (Å²) in [6, 6.07) is 14.9. The van der Waals surface area contributed by atoms with E-state index in [1.54, 1.807) is 37.4 Å². The number of anilines is 1. The number of furan rings is 1. The number of nitrogens with zero attached hydrogens (tertiary/aromatic N) is 2. The van der Waals surface area contributed by atoms with E-state index in [9.17, 15) is 10.1 Å². The molecule has 3 aromatic rings. The third kappa shape index (κ3) is 4.01. The van der Waals surface area contributed by atoms with Crippen molar-refractivity contribution in [2.45, 2.75) is 0 Å². The van der Waals surface area contributed by atoms with Crippen LogP contribution in [0.1, 0.15) is 5.76 Å².